The van der Waals surface area contributed by atoms with Crippen molar-refractivity contribution in [1.82, 2.24) is 20.0 Å². The van der Waals surface area contributed by atoms with Crippen LogP contribution in [-0.4, -0.2) is 31.7 Å². The lowest BCUT2D eigenvalue weighted by Crippen LogP contribution is -1.98. The van der Waals surface area contributed by atoms with Crippen molar-refractivity contribution < 1.29 is 5.11 Å². The number of aromatic nitrogens is 4. The number of hydrogen-bond acceptors (Lipinski definition) is 4. The predicted molar refractivity (Wildman–Crippen MR) is 73.4 cm³/mol. The summed E-state index contributed by atoms with van der Waals surface area (Å²) in [5.41, 5.74) is 1.87. The molecule has 0 fully saturated rings. The number of rotatable bonds is 8. The Bertz CT molecular complexity index is 469. The highest BCUT2D eigenvalue weighted by Gasteiger charge is 2.03. The Kier molecular flexibility index (Phi) is 5.49. The minimum Gasteiger partial charge on any atom is -0.396 e. The monoisotopic (exact) mass is 260 g/mol. The van der Waals surface area contributed by atoms with E-state index in [1.807, 2.05) is 23.0 Å². The minimum absolute atomic E-state index is 0.303. The van der Waals surface area contributed by atoms with Crippen LogP contribution in [0, 0.1) is 0 Å². The molecular formula is C14H20N4O. The van der Waals surface area contributed by atoms with Crippen LogP contribution in [0.2, 0.25) is 0 Å². The van der Waals surface area contributed by atoms with Gasteiger partial charge in [0.15, 0.2) is 0 Å². The quantitative estimate of drug-likeness (QED) is 0.740. The smallest absolute Gasteiger partial charge is 0.114 e. The highest BCUT2D eigenvalue weighted by atomic mass is 16.2. The molecule has 0 saturated carbocycles. The molecule has 0 amide bonds. The summed E-state index contributed by atoms with van der Waals surface area (Å²) in [6.07, 6.45) is 11.0. The van der Waals surface area contributed by atoms with Crippen LogP contribution >= 0.6 is 0 Å². The van der Waals surface area contributed by atoms with E-state index < -0.39 is 0 Å². The molecule has 102 valence electrons. The van der Waals surface area contributed by atoms with Crippen molar-refractivity contribution >= 4 is 0 Å². The zero-order valence-electron chi connectivity index (χ0n) is 11.1. The highest BCUT2D eigenvalue weighted by molar-refractivity contribution is 5.55. The van der Waals surface area contributed by atoms with E-state index in [4.69, 9.17) is 5.11 Å². The standard InChI is InChI=1S/C14H20N4O/c19-10-5-3-1-2-4-9-18-12-14(16-17-18)13-7-6-8-15-11-13/h6-8,11-12,19H,1-5,9-10H2. The van der Waals surface area contributed by atoms with E-state index in [1.165, 1.54) is 12.8 Å². The number of aliphatic hydroxyl groups is 1. The van der Waals surface area contributed by atoms with Crippen molar-refractivity contribution in [1.29, 1.82) is 0 Å². The largest absolute Gasteiger partial charge is 0.396 e. The van der Waals surface area contributed by atoms with Gasteiger partial charge in [-0.1, -0.05) is 24.5 Å². The Morgan fingerprint density at radius 2 is 1.95 bits per heavy atom. The molecule has 0 atom stereocenters. The first-order valence-corrected chi connectivity index (χ1v) is 6.81. The van der Waals surface area contributed by atoms with E-state index in [1.54, 1.807) is 12.4 Å². The molecule has 2 rings (SSSR count). The van der Waals surface area contributed by atoms with Gasteiger partial charge in [-0.05, 0) is 25.0 Å². The van der Waals surface area contributed by atoms with Gasteiger partial charge in [0.1, 0.15) is 5.69 Å². The van der Waals surface area contributed by atoms with Gasteiger partial charge in [0, 0.05) is 31.1 Å². The first-order chi connectivity index (χ1) is 9.40. The van der Waals surface area contributed by atoms with E-state index in [9.17, 15) is 0 Å². The average molecular weight is 260 g/mol. The lowest BCUT2D eigenvalue weighted by Gasteiger charge is -2.00. The van der Waals surface area contributed by atoms with Crippen molar-refractivity contribution in [3.63, 3.8) is 0 Å². The fraction of sp³-hybridized carbons (Fsp3) is 0.500. The molecule has 19 heavy (non-hydrogen) atoms. The van der Waals surface area contributed by atoms with Gasteiger partial charge in [0.2, 0.25) is 0 Å². The number of pyridine rings is 1. The molecule has 0 saturated heterocycles. The SMILES string of the molecule is OCCCCCCCn1cc(-c2cccnc2)nn1. The molecule has 2 heterocycles. The lowest BCUT2D eigenvalue weighted by atomic mass is 10.1. The molecule has 0 spiro atoms. The number of unbranched alkanes of at least 4 members (excludes halogenated alkanes) is 4. The van der Waals surface area contributed by atoms with Gasteiger partial charge in [0.25, 0.3) is 0 Å². The number of aliphatic hydroxyl groups excluding tert-OH is 1. The molecule has 1 N–H and O–H groups in total. The third-order valence-electron chi connectivity index (χ3n) is 3.04. The Morgan fingerprint density at radius 3 is 2.74 bits per heavy atom. The second-order valence-corrected chi connectivity index (χ2v) is 4.60. The van der Waals surface area contributed by atoms with Crippen molar-refractivity contribution in [2.75, 3.05) is 6.61 Å². The average Bonchev–Trinajstić information content (AvgIpc) is 2.92. The third-order valence-corrected chi connectivity index (χ3v) is 3.04. The first-order valence-electron chi connectivity index (χ1n) is 6.81. The molecule has 2 aromatic rings. The fourth-order valence-electron chi connectivity index (χ4n) is 1.97. The molecule has 5 heteroatoms. The summed E-state index contributed by atoms with van der Waals surface area (Å²) in [5, 5.41) is 17.0. The molecule has 5 nitrogen and oxygen atoms in total. The van der Waals surface area contributed by atoms with Gasteiger partial charge in [-0.3, -0.25) is 9.67 Å². The summed E-state index contributed by atoms with van der Waals surface area (Å²) in [6.45, 7) is 1.20. The maximum atomic E-state index is 8.68. The van der Waals surface area contributed by atoms with Crippen LogP contribution in [0.3, 0.4) is 0 Å². The number of nitrogens with zero attached hydrogens (tertiary/aromatic N) is 4. The van der Waals surface area contributed by atoms with E-state index in [2.05, 4.69) is 15.3 Å². The molecule has 2 aromatic heterocycles. The molecule has 0 aliphatic carbocycles. The summed E-state index contributed by atoms with van der Waals surface area (Å²) in [5.74, 6) is 0. The van der Waals surface area contributed by atoms with Gasteiger partial charge >= 0.3 is 0 Å². The summed E-state index contributed by atoms with van der Waals surface area (Å²) in [6, 6.07) is 3.88. The summed E-state index contributed by atoms with van der Waals surface area (Å²) in [4.78, 5) is 4.08. The van der Waals surface area contributed by atoms with Crippen LogP contribution in [0.15, 0.2) is 30.7 Å². The Labute approximate surface area is 113 Å². The molecular weight excluding hydrogens is 240 g/mol. The van der Waals surface area contributed by atoms with Gasteiger partial charge in [-0.15, -0.1) is 5.10 Å². The lowest BCUT2D eigenvalue weighted by molar-refractivity contribution is 0.282. The van der Waals surface area contributed by atoms with Crippen LogP contribution in [0.1, 0.15) is 32.1 Å². The van der Waals surface area contributed by atoms with Crippen molar-refractivity contribution in [3.8, 4) is 11.3 Å². The van der Waals surface area contributed by atoms with E-state index in [0.29, 0.717) is 6.61 Å². The van der Waals surface area contributed by atoms with Crippen LogP contribution in [0.4, 0.5) is 0 Å². The fourth-order valence-corrected chi connectivity index (χ4v) is 1.97. The topological polar surface area (TPSA) is 63.8 Å². The van der Waals surface area contributed by atoms with Gasteiger partial charge in [-0.25, -0.2) is 0 Å². The first kappa shape index (κ1) is 13.7. The summed E-state index contributed by atoms with van der Waals surface area (Å²) in [7, 11) is 0. The minimum atomic E-state index is 0.303. The second-order valence-electron chi connectivity index (χ2n) is 4.60. The van der Waals surface area contributed by atoms with Crippen LogP contribution in [-0.2, 0) is 6.54 Å². The van der Waals surface area contributed by atoms with E-state index in [0.717, 1.165) is 37.1 Å². The maximum Gasteiger partial charge on any atom is 0.114 e. The molecule has 0 bridgehead atoms. The molecule has 0 aliphatic rings. The predicted octanol–water partition coefficient (Wildman–Crippen LogP) is 2.28. The Morgan fingerprint density at radius 1 is 1.11 bits per heavy atom. The van der Waals surface area contributed by atoms with Crippen molar-refractivity contribution in [2.24, 2.45) is 0 Å². The normalized spacial score (nSPS) is 10.8. The van der Waals surface area contributed by atoms with Crippen molar-refractivity contribution in [3.05, 3.63) is 30.7 Å². The second kappa shape index (κ2) is 7.63. The third kappa shape index (κ3) is 4.44. The van der Waals surface area contributed by atoms with Gasteiger partial charge in [0.05, 0.1) is 6.20 Å². The Hall–Kier alpha value is -1.75. The number of aryl methyl sites for hydroxylation is 1. The molecule has 0 radical (unpaired) electrons. The van der Waals surface area contributed by atoms with Crippen molar-refractivity contribution in [2.45, 2.75) is 38.6 Å². The van der Waals surface area contributed by atoms with Crippen LogP contribution in [0.5, 0.6) is 0 Å². The summed E-state index contributed by atoms with van der Waals surface area (Å²) >= 11 is 0. The molecule has 0 aromatic carbocycles. The molecule has 0 aliphatic heterocycles. The van der Waals surface area contributed by atoms with Gasteiger partial charge in [-0.2, -0.15) is 0 Å². The van der Waals surface area contributed by atoms with Gasteiger partial charge < -0.3 is 5.11 Å². The van der Waals surface area contributed by atoms with Crippen LogP contribution in [0.25, 0.3) is 11.3 Å². The molecule has 0 unspecified atom stereocenters. The maximum absolute atomic E-state index is 8.68. The zero-order valence-corrected chi connectivity index (χ0v) is 11.1. The van der Waals surface area contributed by atoms with E-state index >= 15 is 0 Å². The zero-order chi connectivity index (χ0) is 13.3. The van der Waals surface area contributed by atoms with Crippen LogP contribution < -0.4 is 0 Å². The number of hydrogen-bond donors (Lipinski definition) is 1. The van der Waals surface area contributed by atoms with E-state index in [-0.39, 0.29) is 0 Å². The summed E-state index contributed by atoms with van der Waals surface area (Å²) < 4.78 is 1.88. The Balaban J connectivity index is 1.75. The highest BCUT2D eigenvalue weighted by Crippen LogP contribution is 2.14.